The third-order valence-corrected chi connectivity index (χ3v) is 1.63. The van der Waals surface area contributed by atoms with Crippen LogP contribution in [0.1, 0.15) is 12.8 Å². The highest BCUT2D eigenvalue weighted by Crippen LogP contribution is 2.13. The molecule has 0 aliphatic carbocycles. The Hall–Kier alpha value is -0.200. The van der Waals surface area contributed by atoms with Crippen LogP contribution < -0.4 is 22.3 Å². The Morgan fingerprint density at radius 1 is 1.27 bits per heavy atom. The van der Waals surface area contributed by atoms with Crippen molar-refractivity contribution in [3.63, 3.8) is 0 Å². The van der Waals surface area contributed by atoms with Crippen molar-refractivity contribution in [3.8, 4) is 0 Å². The molecule has 1 aliphatic heterocycles. The fraction of sp³-hybridized carbons (Fsp3) is 1.00. The highest BCUT2D eigenvalue weighted by molar-refractivity contribution is 4.77. The lowest BCUT2D eigenvalue weighted by molar-refractivity contribution is 0.328. The standard InChI is InChI=1S/C6H16N4O/c7-3-1-2-4-9-5-6(10-8)11-5/h5-6,9-10H,1-4,7-8H2. The van der Waals surface area contributed by atoms with Gasteiger partial charge in [0.1, 0.15) is 0 Å². The maximum Gasteiger partial charge on any atom is 0.162 e. The van der Waals surface area contributed by atoms with Gasteiger partial charge >= 0.3 is 0 Å². The van der Waals surface area contributed by atoms with Crippen molar-refractivity contribution in [2.75, 3.05) is 13.1 Å². The molecule has 1 fully saturated rings. The van der Waals surface area contributed by atoms with E-state index < -0.39 is 0 Å². The molecular formula is C6H16N4O. The van der Waals surface area contributed by atoms with Crippen molar-refractivity contribution in [1.82, 2.24) is 10.7 Å². The summed E-state index contributed by atoms with van der Waals surface area (Å²) in [5.74, 6) is 5.12. The molecule has 1 rings (SSSR count). The Labute approximate surface area is 66.4 Å². The molecule has 2 atom stereocenters. The molecule has 0 aromatic heterocycles. The Balaban J connectivity index is 1.82. The molecule has 5 heteroatoms. The van der Waals surface area contributed by atoms with Crippen LogP contribution in [0.3, 0.4) is 0 Å². The van der Waals surface area contributed by atoms with Gasteiger partial charge in [-0.1, -0.05) is 0 Å². The Morgan fingerprint density at radius 2 is 2.09 bits per heavy atom. The summed E-state index contributed by atoms with van der Waals surface area (Å²) >= 11 is 0. The maximum absolute atomic E-state index is 5.32. The van der Waals surface area contributed by atoms with Crippen molar-refractivity contribution < 1.29 is 4.74 Å². The predicted octanol–water partition coefficient (Wildman–Crippen LogP) is -1.54. The number of epoxide rings is 1. The number of hydrogen-bond donors (Lipinski definition) is 4. The molecule has 1 aliphatic rings. The van der Waals surface area contributed by atoms with Crippen LogP contribution in [0.4, 0.5) is 0 Å². The minimum Gasteiger partial charge on any atom is -0.336 e. The second-order valence-electron chi connectivity index (χ2n) is 2.59. The van der Waals surface area contributed by atoms with E-state index in [0.717, 1.165) is 25.9 Å². The molecule has 66 valence electrons. The van der Waals surface area contributed by atoms with Gasteiger partial charge in [0, 0.05) is 0 Å². The summed E-state index contributed by atoms with van der Waals surface area (Å²) in [6.07, 6.45) is 2.26. The van der Waals surface area contributed by atoms with E-state index >= 15 is 0 Å². The topological polar surface area (TPSA) is 88.6 Å². The average molecular weight is 160 g/mol. The van der Waals surface area contributed by atoms with Gasteiger partial charge in [0.2, 0.25) is 0 Å². The highest BCUT2D eigenvalue weighted by atomic mass is 16.6. The molecule has 0 spiro atoms. The molecule has 0 saturated carbocycles. The third kappa shape index (κ3) is 3.13. The van der Waals surface area contributed by atoms with Crippen LogP contribution in [0, 0.1) is 0 Å². The number of hydrazine groups is 1. The van der Waals surface area contributed by atoms with Gasteiger partial charge in [0.25, 0.3) is 0 Å². The van der Waals surface area contributed by atoms with Crippen LogP contribution in [0.25, 0.3) is 0 Å². The van der Waals surface area contributed by atoms with E-state index in [4.69, 9.17) is 16.3 Å². The smallest absolute Gasteiger partial charge is 0.162 e. The quantitative estimate of drug-likeness (QED) is 0.164. The average Bonchev–Trinajstić information content (AvgIpc) is 2.77. The number of nitrogens with one attached hydrogen (secondary N) is 2. The summed E-state index contributed by atoms with van der Waals surface area (Å²) in [5.41, 5.74) is 7.84. The first kappa shape index (κ1) is 8.89. The zero-order chi connectivity index (χ0) is 8.10. The summed E-state index contributed by atoms with van der Waals surface area (Å²) in [5, 5.41) is 3.17. The summed E-state index contributed by atoms with van der Waals surface area (Å²) < 4.78 is 5.07. The lowest BCUT2D eigenvalue weighted by Crippen LogP contribution is -2.32. The van der Waals surface area contributed by atoms with Crippen molar-refractivity contribution in [2.45, 2.75) is 25.3 Å². The van der Waals surface area contributed by atoms with Gasteiger partial charge in [0.15, 0.2) is 12.5 Å². The van der Waals surface area contributed by atoms with E-state index in [9.17, 15) is 0 Å². The molecule has 0 bridgehead atoms. The lowest BCUT2D eigenvalue weighted by Gasteiger charge is -1.98. The molecule has 1 heterocycles. The van der Waals surface area contributed by atoms with Gasteiger partial charge < -0.3 is 10.5 Å². The van der Waals surface area contributed by atoms with Gasteiger partial charge in [-0.2, -0.15) is 0 Å². The molecule has 6 N–H and O–H groups in total. The van der Waals surface area contributed by atoms with E-state index in [1.165, 1.54) is 0 Å². The molecule has 1 saturated heterocycles. The van der Waals surface area contributed by atoms with E-state index in [-0.39, 0.29) is 12.5 Å². The zero-order valence-corrected chi connectivity index (χ0v) is 6.55. The fourth-order valence-electron chi connectivity index (χ4n) is 0.908. The number of nitrogens with two attached hydrogens (primary N) is 2. The van der Waals surface area contributed by atoms with Crippen LogP contribution in [0.15, 0.2) is 0 Å². The summed E-state index contributed by atoms with van der Waals surface area (Å²) in [6.45, 7) is 1.70. The summed E-state index contributed by atoms with van der Waals surface area (Å²) in [4.78, 5) is 0. The SMILES string of the molecule is NCCCCNC1OC1NN. The largest absolute Gasteiger partial charge is 0.336 e. The van der Waals surface area contributed by atoms with Gasteiger partial charge in [-0.15, -0.1) is 0 Å². The van der Waals surface area contributed by atoms with Gasteiger partial charge in [-0.3, -0.25) is 11.2 Å². The van der Waals surface area contributed by atoms with Crippen LogP contribution in [-0.2, 0) is 4.74 Å². The molecule has 0 radical (unpaired) electrons. The van der Waals surface area contributed by atoms with Gasteiger partial charge in [0.05, 0.1) is 0 Å². The number of hydrogen-bond acceptors (Lipinski definition) is 5. The van der Waals surface area contributed by atoms with Crippen LogP contribution >= 0.6 is 0 Å². The maximum atomic E-state index is 5.32. The van der Waals surface area contributed by atoms with Crippen LogP contribution in [0.2, 0.25) is 0 Å². The molecule has 5 nitrogen and oxygen atoms in total. The van der Waals surface area contributed by atoms with Crippen molar-refractivity contribution in [1.29, 1.82) is 0 Å². The minimum absolute atomic E-state index is 0.00729. The normalized spacial score (nSPS) is 28.9. The molecular weight excluding hydrogens is 144 g/mol. The highest BCUT2D eigenvalue weighted by Gasteiger charge is 2.36. The first-order valence-electron chi connectivity index (χ1n) is 3.93. The fourth-order valence-corrected chi connectivity index (χ4v) is 0.908. The monoisotopic (exact) mass is 160 g/mol. The third-order valence-electron chi connectivity index (χ3n) is 1.63. The van der Waals surface area contributed by atoms with Gasteiger partial charge in [-0.05, 0) is 25.9 Å². The van der Waals surface area contributed by atoms with Crippen LogP contribution in [0.5, 0.6) is 0 Å². The second kappa shape index (κ2) is 4.63. The Morgan fingerprint density at radius 3 is 2.64 bits per heavy atom. The van der Waals surface area contributed by atoms with Crippen molar-refractivity contribution in [3.05, 3.63) is 0 Å². The van der Waals surface area contributed by atoms with E-state index in [1.807, 2.05) is 0 Å². The molecule has 0 aromatic carbocycles. The number of rotatable bonds is 6. The first-order valence-corrected chi connectivity index (χ1v) is 3.93. The Bertz CT molecular complexity index is 111. The lowest BCUT2D eigenvalue weighted by atomic mass is 10.3. The van der Waals surface area contributed by atoms with E-state index in [2.05, 4.69) is 10.7 Å². The van der Waals surface area contributed by atoms with E-state index in [1.54, 1.807) is 0 Å². The van der Waals surface area contributed by atoms with Crippen molar-refractivity contribution >= 4 is 0 Å². The van der Waals surface area contributed by atoms with E-state index in [0.29, 0.717) is 0 Å². The number of unbranched alkanes of at least 4 members (excludes halogenated alkanes) is 1. The summed E-state index contributed by atoms with van der Waals surface area (Å²) in [7, 11) is 0. The Kier molecular flexibility index (Phi) is 3.74. The van der Waals surface area contributed by atoms with Crippen molar-refractivity contribution in [2.24, 2.45) is 11.6 Å². The molecule has 0 amide bonds. The molecule has 0 aromatic rings. The summed E-state index contributed by atoms with van der Waals surface area (Å²) in [6, 6.07) is 0. The predicted molar refractivity (Wildman–Crippen MR) is 42.3 cm³/mol. The molecule has 11 heavy (non-hydrogen) atoms. The van der Waals surface area contributed by atoms with Crippen LogP contribution in [-0.4, -0.2) is 25.5 Å². The first-order chi connectivity index (χ1) is 5.38. The minimum atomic E-state index is 0.00729. The van der Waals surface area contributed by atoms with Gasteiger partial charge in [-0.25, -0.2) is 5.43 Å². The molecule has 2 unspecified atom stereocenters. The second-order valence-corrected chi connectivity index (χ2v) is 2.59. The zero-order valence-electron chi connectivity index (χ0n) is 6.55. The number of ether oxygens (including phenoxy) is 1.